The van der Waals surface area contributed by atoms with E-state index in [1.165, 1.54) is 13.2 Å². The summed E-state index contributed by atoms with van der Waals surface area (Å²) < 4.78 is 33.4. The molecule has 0 radical (unpaired) electrons. The van der Waals surface area contributed by atoms with Gasteiger partial charge in [0, 0.05) is 16.8 Å². The number of nitrogens with one attached hydrogen (secondary N) is 2. The van der Waals surface area contributed by atoms with Gasteiger partial charge in [-0.25, -0.2) is 4.79 Å². The maximum atomic E-state index is 13.3. The molecule has 0 fully saturated rings. The van der Waals surface area contributed by atoms with E-state index >= 15 is 0 Å². The standard InChI is InChI=1S/C27H23N3O6S/c1-35-20-12-9-17-14-24(27(32)36-37(2,33)34)23(15-18(17)13-20)21-5-3-4-6-22(21)26(31)30-19-10-7-16(8-11-19)25(28)29/h3-15H,1-2H3,(H3,28,29)(H,30,31). The molecule has 9 nitrogen and oxygen atoms in total. The molecule has 1 amide bonds. The summed E-state index contributed by atoms with van der Waals surface area (Å²) in [6.07, 6.45) is 0.787. The van der Waals surface area contributed by atoms with E-state index in [4.69, 9.17) is 15.9 Å². The number of anilines is 1. The van der Waals surface area contributed by atoms with Gasteiger partial charge < -0.3 is 20.0 Å². The third kappa shape index (κ3) is 5.76. The van der Waals surface area contributed by atoms with E-state index in [9.17, 15) is 18.0 Å². The number of nitrogens with two attached hydrogens (primary N) is 1. The van der Waals surface area contributed by atoms with Gasteiger partial charge in [-0.15, -0.1) is 0 Å². The van der Waals surface area contributed by atoms with Gasteiger partial charge in [-0.05, 0) is 76.5 Å². The smallest absolute Gasteiger partial charge is 0.354 e. The highest BCUT2D eigenvalue weighted by molar-refractivity contribution is 7.86. The summed E-state index contributed by atoms with van der Waals surface area (Å²) in [5.74, 6) is -1.03. The van der Waals surface area contributed by atoms with Crippen LogP contribution in [0.2, 0.25) is 0 Å². The van der Waals surface area contributed by atoms with Crippen LogP contribution in [0.25, 0.3) is 21.9 Å². The number of amides is 1. The number of benzene rings is 4. The van der Waals surface area contributed by atoms with Crippen molar-refractivity contribution in [2.24, 2.45) is 5.73 Å². The lowest BCUT2D eigenvalue weighted by atomic mass is 9.92. The number of methoxy groups -OCH3 is 1. The molecular formula is C27H23N3O6S. The summed E-state index contributed by atoms with van der Waals surface area (Å²) in [6, 6.07) is 21.5. The summed E-state index contributed by atoms with van der Waals surface area (Å²) in [6.45, 7) is 0. The van der Waals surface area contributed by atoms with Gasteiger partial charge in [0.05, 0.1) is 18.9 Å². The summed E-state index contributed by atoms with van der Waals surface area (Å²) in [4.78, 5) is 26.2. The lowest BCUT2D eigenvalue weighted by Gasteiger charge is -2.15. The maximum absolute atomic E-state index is 13.3. The minimum Gasteiger partial charge on any atom is -0.497 e. The second kappa shape index (κ2) is 10.1. The van der Waals surface area contributed by atoms with Crippen molar-refractivity contribution in [1.29, 1.82) is 5.41 Å². The SMILES string of the molecule is COc1ccc2cc(C(=O)OS(C)(=O)=O)c(-c3ccccc3C(=O)Nc3ccc(C(=N)N)cc3)cc2c1. The zero-order chi connectivity index (χ0) is 26.7. The molecule has 188 valence electrons. The Labute approximate surface area is 213 Å². The quantitative estimate of drug-likeness (QED) is 0.189. The van der Waals surface area contributed by atoms with Crippen molar-refractivity contribution in [1.82, 2.24) is 0 Å². The van der Waals surface area contributed by atoms with Gasteiger partial charge in [0.15, 0.2) is 0 Å². The van der Waals surface area contributed by atoms with E-state index in [0.717, 1.165) is 6.26 Å². The highest BCUT2D eigenvalue weighted by Crippen LogP contribution is 2.34. The first-order valence-electron chi connectivity index (χ1n) is 11.0. The lowest BCUT2D eigenvalue weighted by molar-refractivity contribution is 0.0749. The number of amidine groups is 1. The minimum absolute atomic E-state index is 0.0193. The third-order valence-electron chi connectivity index (χ3n) is 5.55. The van der Waals surface area contributed by atoms with E-state index in [2.05, 4.69) is 9.50 Å². The van der Waals surface area contributed by atoms with E-state index in [-0.39, 0.29) is 17.0 Å². The predicted molar refractivity (Wildman–Crippen MR) is 142 cm³/mol. The molecule has 0 bridgehead atoms. The molecule has 0 aromatic heterocycles. The van der Waals surface area contributed by atoms with Crippen molar-refractivity contribution >= 4 is 44.3 Å². The Kier molecular flexibility index (Phi) is 6.94. The molecule has 0 unspecified atom stereocenters. The Morgan fingerprint density at radius 1 is 0.865 bits per heavy atom. The number of rotatable bonds is 7. The first-order chi connectivity index (χ1) is 17.6. The third-order valence-corrected chi connectivity index (χ3v) is 6.00. The Balaban J connectivity index is 1.83. The Hall–Kier alpha value is -4.70. The number of carbonyl (C=O) groups is 2. The van der Waals surface area contributed by atoms with Crippen LogP contribution in [0.1, 0.15) is 26.3 Å². The molecule has 4 aromatic rings. The van der Waals surface area contributed by atoms with E-state index in [1.54, 1.807) is 72.8 Å². The second-order valence-electron chi connectivity index (χ2n) is 8.18. The van der Waals surface area contributed by atoms with Crippen LogP contribution in [0.4, 0.5) is 5.69 Å². The first kappa shape index (κ1) is 25.4. The van der Waals surface area contributed by atoms with Gasteiger partial charge in [-0.1, -0.05) is 24.3 Å². The largest absolute Gasteiger partial charge is 0.497 e. The Morgan fingerprint density at radius 3 is 2.22 bits per heavy atom. The Morgan fingerprint density at radius 2 is 1.57 bits per heavy atom. The van der Waals surface area contributed by atoms with Gasteiger partial charge in [0.25, 0.3) is 5.91 Å². The fourth-order valence-electron chi connectivity index (χ4n) is 3.82. The summed E-state index contributed by atoms with van der Waals surface area (Å²) in [5, 5.41) is 11.7. The van der Waals surface area contributed by atoms with Gasteiger partial charge in [-0.2, -0.15) is 8.42 Å². The number of nitrogen functional groups attached to an aromatic ring is 1. The van der Waals surface area contributed by atoms with E-state index < -0.39 is 22.0 Å². The zero-order valence-corrected chi connectivity index (χ0v) is 20.8. The zero-order valence-electron chi connectivity index (χ0n) is 19.9. The van der Waals surface area contributed by atoms with Gasteiger partial charge >= 0.3 is 16.1 Å². The molecule has 4 N–H and O–H groups in total. The van der Waals surface area contributed by atoms with Crippen molar-refractivity contribution in [2.45, 2.75) is 0 Å². The van der Waals surface area contributed by atoms with Crippen molar-refractivity contribution in [3.05, 3.63) is 95.6 Å². The van der Waals surface area contributed by atoms with Gasteiger partial charge in [0.2, 0.25) is 0 Å². The lowest BCUT2D eigenvalue weighted by Crippen LogP contribution is -2.16. The van der Waals surface area contributed by atoms with Crippen molar-refractivity contribution in [2.75, 3.05) is 18.7 Å². The number of ether oxygens (including phenoxy) is 1. The molecule has 0 saturated heterocycles. The first-order valence-corrected chi connectivity index (χ1v) is 12.8. The molecule has 0 aliphatic rings. The van der Waals surface area contributed by atoms with Gasteiger partial charge in [-0.3, -0.25) is 10.2 Å². The fourth-order valence-corrected chi connectivity index (χ4v) is 4.19. The van der Waals surface area contributed by atoms with E-state index in [0.29, 0.717) is 38.9 Å². The number of fused-ring (bicyclic) bond motifs is 1. The molecule has 37 heavy (non-hydrogen) atoms. The summed E-state index contributed by atoms with van der Waals surface area (Å²) >= 11 is 0. The van der Waals surface area contributed by atoms with Crippen LogP contribution < -0.4 is 15.8 Å². The number of carbonyl (C=O) groups excluding carboxylic acids is 2. The van der Waals surface area contributed by atoms with Crippen molar-refractivity contribution in [3.8, 4) is 16.9 Å². The fraction of sp³-hybridized carbons (Fsp3) is 0.0741. The van der Waals surface area contributed by atoms with Crippen LogP contribution in [-0.2, 0) is 14.3 Å². The topological polar surface area (TPSA) is 149 Å². The summed E-state index contributed by atoms with van der Waals surface area (Å²) in [5.41, 5.74) is 7.41. The van der Waals surface area contributed by atoms with Crippen LogP contribution >= 0.6 is 0 Å². The highest BCUT2D eigenvalue weighted by atomic mass is 32.2. The molecule has 4 rings (SSSR count). The molecule has 0 saturated carbocycles. The summed E-state index contributed by atoms with van der Waals surface area (Å²) in [7, 11) is -2.55. The molecule has 0 atom stereocenters. The number of hydrogen-bond acceptors (Lipinski definition) is 7. The average Bonchev–Trinajstić information content (AvgIpc) is 2.86. The Bertz CT molecular complexity index is 1650. The predicted octanol–water partition coefficient (Wildman–Crippen LogP) is 4.17. The maximum Gasteiger partial charge on any atom is 0.354 e. The molecule has 0 aliphatic carbocycles. The molecule has 4 aromatic carbocycles. The average molecular weight is 518 g/mol. The van der Waals surface area contributed by atoms with Crippen LogP contribution in [0.5, 0.6) is 5.75 Å². The molecule has 0 heterocycles. The normalized spacial score (nSPS) is 11.1. The molecule has 0 spiro atoms. The van der Waals surface area contributed by atoms with Crippen LogP contribution in [-0.4, -0.2) is 39.5 Å². The number of hydrogen-bond donors (Lipinski definition) is 3. The molecular weight excluding hydrogens is 494 g/mol. The minimum atomic E-state index is -4.08. The monoisotopic (exact) mass is 517 g/mol. The van der Waals surface area contributed by atoms with Gasteiger partial charge in [0.1, 0.15) is 11.6 Å². The van der Waals surface area contributed by atoms with Crippen molar-refractivity contribution in [3.63, 3.8) is 0 Å². The highest BCUT2D eigenvalue weighted by Gasteiger charge is 2.23. The van der Waals surface area contributed by atoms with E-state index in [1.807, 2.05) is 0 Å². The second-order valence-corrected chi connectivity index (χ2v) is 9.75. The molecule has 0 aliphatic heterocycles. The van der Waals surface area contributed by atoms with Crippen LogP contribution in [0.3, 0.4) is 0 Å². The van der Waals surface area contributed by atoms with Crippen LogP contribution in [0, 0.1) is 5.41 Å². The molecule has 10 heteroatoms. The van der Waals surface area contributed by atoms with Crippen molar-refractivity contribution < 1.29 is 26.9 Å². The van der Waals surface area contributed by atoms with Crippen LogP contribution in [0.15, 0.2) is 78.9 Å².